The maximum absolute atomic E-state index is 12.0. The molecule has 0 spiro atoms. The zero-order valence-electron chi connectivity index (χ0n) is 8.28. The van der Waals surface area contributed by atoms with Gasteiger partial charge in [0.15, 0.2) is 0 Å². The van der Waals surface area contributed by atoms with Crippen molar-refractivity contribution in [2.75, 3.05) is 7.05 Å². The van der Waals surface area contributed by atoms with E-state index in [0.29, 0.717) is 5.01 Å². The van der Waals surface area contributed by atoms with Gasteiger partial charge in [-0.2, -0.15) is 0 Å². The van der Waals surface area contributed by atoms with Crippen molar-refractivity contribution in [2.24, 2.45) is 5.84 Å². The summed E-state index contributed by atoms with van der Waals surface area (Å²) in [6.45, 7) is 0. The van der Waals surface area contributed by atoms with Crippen LogP contribution in [0.15, 0.2) is 24.3 Å². The van der Waals surface area contributed by atoms with Gasteiger partial charge in [-0.1, -0.05) is 12.1 Å². The fourth-order valence-corrected chi connectivity index (χ4v) is 1.05. The molecule has 16 heavy (non-hydrogen) atoms. The number of para-hydroxylation sites is 1. The minimum Gasteiger partial charge on any atom is -0.405 e. The normalized spacial score (nSPS) is 11.1. The molecule has 7 heteroatoms. The first-order chi connectivity index (χ1) is 7.31. The molecule has 0 bridgehead atoms. The Morgan fingerprint density at radius 1 is 1.38 bits per heavy atom. The van der Waals surface area contributed by atoms with Crippen LogP contribution in [0.5, 0.6) is 5.75 Å². The van der Waals surface area contributed by atoms with Gasteiger partial charge in [-0.15, -0.1) is 13.2 Å². The fourth-order valence-electron chi connectivity index (χ4n) is 1.05. The highest BCUT2D eigenvalue weighted by Crippen LogP contribution is 2.26. The lowest BCUT2D eigenvalue weighted by atomic mass is 10.2. The van der Waals surface area contributed by atoms with Gasteiger partial charge in [-0.05, 0) is 12.1 Å². The smallest absolute Gasteiger partial charge is 0.405 e. The standard InChI is InChI=1S/C9H9F3N2O2/c1-14(13)8(15)6-4-2-3-5-7(6)16-9(10,11)12/h2-5H,13H2,1H3. The molecule has 1 aromatic carbocycles. The van der Waals surface area contributed by atoms with Crippen molar-refractivity contribution in [3.8, 4) is 5.75 Å². The highest BCUT2D eigenvalue weighted by Gasteiger charge is 2.33. The Kier molecular flexibility index (Phi) is 3.38. The zero-order valence-corrected chi connectivity index (χ0v) is 8.28. The number of benzene rings is 1. The van der Waals surface area contributed by atoms with E-state index in [-0.39, 0.29) is 5.56 Å². The van der Waals surface area contributed by atoms with Crippen LogP contribution in [0.4, 0.5) is 13.2 Å². The average Bonchev–Trinajstić information content (AvgIpc) is 2.15. The molecule has 1 amide bonds. The van der Waals surface area contributed by atoms with Crippen molar-refractivity contribution < 1.29 is 22.7 Å². The van der Waals surface area contributed by atoms with Gasteiger partial charge in [0.05, 0.1) is 5.56 Å². The van der Waals surface area contributed by atoms with Crippen LogP contribution in [0.3, 0.4) is 0 Å². The second kappa shape index (κ2) is 4.40. The topological polar surface area (TPSA) is 55.6 Å². The monoisotopic (exact) mass is 234 g/mol. The molecule has 4 nitrogen and oxygen atoms in total. The van der Waals surface area contributed by atoms with Crippen molar-refractivity contribution in [3.63, 3.8) is 0 Å². The molecule has 88 valence electrons. The Morgan fingerprint density at radius 2 is 1.94 bits per heavy atom. The summed E-state index contributed by atoms with van der Waals surface area (Å²) < 4.78 is 39.7. The lowest BCUT2D eigenvalue weighted by molar-refractivity contribution is -0.274. The number of carbonyl (C=O) groups is 1. The number of alkyl halides is 3. The van der Waals surface area contributed by atoms with E-state index >= 15 is 0 Å². The Labute approximate surface area is 89.4 Å². The number of carbonyl (C=O) groups excluding carboxylic acids is 1. The SMILES string of the molecule is CN(N)C(=O)c1ccccc1OC(F)(F)F. The number of nitrogens with two attached hydrogens (primary N) is 1. The van der Waals surface area contributed by atoms with E-state index in [0.717, 1.165) is 6.07 Å². The summed E-state index contributed by atoms with van der Waals surface area (Å²) in [4.78, 5) is 11.4. The summed E-state index contributed by atoms with van der Waals surface area (Å²) in [5.41, 5.74) is -0.246. The highest BCUT2D eigenvalue weighted by molar-refractivity contribution is 5.96. The number of amides is 1. The largest absolute Gasteiger partial charge is 0.573 e. The number of hydrogen-bond acceptors (Lipinski definition) is 3. The van der Waals surface area contributed by atoms with Crippen molar-refractivity contribution in [2.45, 2.75) is 6.36 Å². The molecule has 0 atom stereocenters. The molecule has 0 aliphatic carbocycles. The predicted molar refractivity (Wildman–Crippen MR) is 49.4 cm³/mol. The Balaban J connectivity index is 3.06. The lowest BCUT2D eigenvalue weighted by Gasteiger charge is -2.15. The van der Waals surface area contributed by atoms with E-state index in [9.17, 15) is 18.0 Å². The second-order valence-corrected chi connectivity index (χ2v) is 2.96. The van der Waals surface area contributed by atoms with E-state index in [1.54, 1.807) is 0 Å². The van der Waals surface area contributed by atoms with Gasteiger partial charge in [-0.3, -0.25) is 9.80 Å². The van der Waals surface area contributed by atoms with Crippen molar-refractivity contribution in [1.29, 1.82) is 0 Å². The van der Waals surface area contributed by atoms with E-state index in [4.69, 9.17) is 5.84 Å². The van der Waals surface area contributed by atoms with Crippen LogP contribution in [0.2, 0.25) is 0 Å². The summed E-state index contributed by atoms with van der Waals surface area (Å²) in [5, 5.41) is 0.679. The summed E-state index contributed by atoms with van der Waals surface area (Å²) in [5.74, 6) is 3.81. The quantitative estimate of drug-likeness (QED) is 0.479. The Bertz CT molecular complexity index is 391. The summed E-state index contributed by atoms with van der Waals surface area (Å²) in [6, 6.07) is 4.99. The molecule has 2 N–H and O–H groups in total. The van der Waals surface area contributed by atoms with Crippen molar-refractivity contribution >= 4 is 5.91 Å². The molecule has 0 saturated carbocycles. The minimum atomic E-state index is -4.84. The van der Waals surface area contributed by atoms with Gasteiger partial charge in [0.2, 0.25) is 0 Å². The van der Waals surface area contributed by atoms with Crippen LogP contribution in [0.1, 0.15) is 10.4 Å². The molecule has 0 radical (unpaired) electrons. The predicted octanol–water partition coefficient (Wildman–Crippen LogP) is 1.53. The molecule has 1 rings (SSSR count). The maximum atomic E-state index is 12.0. The molecule has 0 unspecified atom stereocenters. The molecular weight excluding hydrogens is 225 g/mol. The Hall–Kier alpha value is -1.76. The van der Waals surface area contributed by atoms with Gasteiger partial charge in [-0.25, -0.2) is 5.84 Å². The van der Waals surface area contributed by atoms with E-state index in [1.807, 2.05) is 0 Å². The van der Waals surface area contributed by atoms with Crippen LogP contribution in [0.25, 0.3) is 0 Å². The zero-order chi connectivity index (χ0) is 12.3. The van der Waals surface area contributed by atoms with Gasteiger partial charge in [0.1, 0.15) is 5.75 Å². The minimum absolute atomic E-state index is 0.246. The number of nitrogens with zero attached hydrogens (tertiary/aromatic N) is 1. The molecule has 0 saturated heterocycles. The molecule has 1 aromatic rings. The molecule has 0 heterocycles. The fraction of sp³-hybridized carbons (Fsp3) is 0.222. The number of hydrazine groups is 1. The van der Waals surface area contributed by atoms with Crippen LogP contribution in [0, 0.1) is 0 Å². The first kappa shape index (κ1) is 12.3. The van der Waals surface area contributed by atoms with Crippen LogP contribution >= 0.6 is 0 Å². The van der Waals surface area contributed by atoms with E-state index < -0.39 is 18.0 Å². The third-order valence-electron chi connectivity index (χ3n) is 1.66. The molecule has 0 aliphatic heterocycles. The first-order valence-corrected chi connectivity index (χ1v) is 4.19. The van der Waals surface area contributed by atoms with Crippen molar-refractivity contribution in [3.05, 3.63) is 29.8 Å². The number of hydrogen-bond donors (Lipinski definition) is 1. The van der Waals surface area contributed by atoms with E-state index in [2.05, 4.69) is 4.74 Å². The summed E-state index contributed by atoms with van der Waals surface area (Å²) >= 11 is 0. The Morgan fingerprint density at radius 3 is 2.44 bits per heavy atom. The van der Waals surface area contributed by atoms with Gasteiger partial charge in [0.25, 0.3) is 5.91 Å². The number of ether oxygens (including phenoxy) is 1. The molecule has 0 aliphatic rings. The maximum Gasteiger partial charge on any atom is 0.573 e. The van der Waals surface area contributed by atoms with Gasteiger partial charge >= 0.3 is 6.36 Å². The van der Waals surface area contributed by atoms with E-state index in [1.165, 1.54) is 25.2 Å². The van der Waals surface area contributed by atoms with Gasteiger partial charge in [0, 0.05) is 7.05 Å². The van der Waals surface area contributed by atoms with Crippen LogP contribution < -0.4 is 10.6 Å². The summed E-state index contributed by atoms with van der Waals surface area (Å²) in [7, 11) is 1.23. The molecular formula is C9H9F3N2O2. The number of halogens is 3. The highest BCUT2D eigenvalue weighted by atomic mass is 19.4. The molecule has 0 aromatic heterocycles. The lowest BCUT2D eigenvalue weighted by Crippen LogP contribution is -2.33. The number of rotatable bonds is 2. The van der Waals surface area contributed by atoms with Crippen LogP contribution in [-0.2, 0) is 0 Å². The third-order valence-corrected chi connectivity index (χ3v) is 1.66. The second-order valence-electron chi connectivity index (χ2n) is 2.96. The van der Waals surface area contributed by atoms with Crippen molar-refractivity contribution in [1.82, 2.24) is 5.01 Å². The first-order valence-electron chi connectivity index (χ1n) is 4.19. The summed E-state index contributed by atoms with van der Waals surface area (Å²) in [6.07, 6.45) is -4.84. The third kappa shape index (κ3) is 3.13. The average molecular weight is 234 g/mol. The van der Waals surface area contributed by atoms with Crippen LogP contribution in [-0.4, -0.2) is 24.3 Å². The molecule has 0 fully saturated rings. The van der Waals surface area contributed by atoms with Gasteiger partial charge < -0.3 is 4.74 Å².